The Balaban J connectivity index is 1.55. The Morgan fingerprint density at radius 3 is 2.47 bits per heavy atom. The van der Waals surface area contributed by atoms with Gasteiger partial charge in [0.25, 0.3) is 5.91 Å². The second-order valence-electron chi connectivity index (χ2n) is 8.16. The van der Waals surface area contributed by atoms with Crippen molar-refractivity contribution < 1.29 is 9.59 Å². The summed E-state index contributed by atoms with van der Waals surface area (Å²) in [5.74, 6) is -0.265. The molecule has 0 atom stereocenters. The molecule has 3 aromatic rings. The summed E-state index contributed by atoms with van der Waals surface area (Å²) in [6.45, 7) is 3.66. The zero-order chi connectivity index (χ0) is 22.5. The molecule has 8 nitrogen and oxygen atoms in total. The van der Waals surface area contributed by atoms with Crippen LogP contribution in [0.5, 0.6) is 0 Å². The number of pyridine rings is 1. The first-order chi connectivity index (χ1) is 15.5. The minimum Gasteiger partial charge on any atom is -0.339 e. The molecule has 0 radical (unpaired) electrons. The number of rotatable bonds is 6. The molecule has 4 rings (SSSR count). The maximum atomic E-state index is 13.3. The van der Waals surface area contributed by atoms with E-state index in [0.29, 0.717) is 30.9 Å². The van der Waals surface area contributed by atoms with Crippen molar-refractivity contribution in [3.8, 4) is 11.3 Å². The molecule has 1 aliphatic heterocycles. The molecule has 0 spiro atoms. The number of hydrogen-bond donors (Lipinski definition) is 0. The predicted molar refractivity (Wildman–Crippen MR) is 122 cm³/mol. The Labute approximate surface area is 188 Å². The fourth-order valence-electron chi connectivity index (χ4n) is 3.78. The van der Waals surface area contributed by atoms with Gasteiger partial charge >= 0.3 is 0 Å². The highest BCUT2D eigenvalue weighted by Crippen LogP contribution is 2.23. The van der Waals surface area contributed by atoms with E-state index in [2.05, 4.69) is 15.0 Å². The van der Waals surface area contributed by atoms with Gasteiger partial charge in [0.05, 0.1) is 18.7 Å². The molecule has 8 heteroatoms. The lowest BCUT2D eigenvalue weighted by Crippen LogP contribution is -2.50. The molecule has 1 aromatic carbocycles. The summed E-state index contributed by atoms with van der Waals surface area (Å²) in [6.07, 6.45) is 5.14. The van der Waals surface area contributed by atoms with Crippen molar-refractivity contribution in [1.82, 2.24) is 29.5 Å². The summed E-state index contributed by atoms with van der Waals surface area (Å²) in [7, 11) is 3.71. The van der Waals surface area contributed by atoms with Gasteiger partial charge in [-0.15, -0.1) is 0 Å². The van der Waals surface area contributed by atoms with E-state index in [1.54, 1.807) is 30.3 Å². The van der Waals surface area contributed by atoms with Gasteiger partial charge in [-0.1, -0.05) is 30.3 Å². The third-order valence-electron chi connectivity index (χ3n) is 5.69. The van der Waals surface area contributed by atoms with Crippen molar-refractivity contribution in [3.05, 3.63) is 72.2 Å². The minimum atomic E-state index is -0.231. The van der Waals surface area contributed by atoms with Gasteiger partial charge in [-0.25, -0.2) is 0 Å². The van der Waals surface area contributed by atoms with Gasteiger partial charge in [0.1, 0.15) is 5.69 Å². The molecule has 1 aliphatic rings. The van der Waals surface area contributed by atoms with Crippen LogP contribution in [0.25, 0.3) is 11.3 Å². The first-order valence-electron chi connectivity index (χ1n) is 10.7. The van der Waals surface area contributed by atoms with Gasteiger partial charge in [0.2, 0.25) is 5.91 Å². The first-order valence-corrected chi connectivity index (χ1v) is 10.7. The second-order valence-corrected chi connectivity index (χ2v) is 8.16. The molecule has 2 aromatic heterocycles. The Bertz CT molecular complexity index is 1060. The Morgan fingerprint density at radius 1 is 1.03 bits per heavy atom. The molecular formula is C24H28N6O2. The van der Waals surface area contributed by atoms with Gasteiger partial charge < -0.3 is 14.7 Å². The van der Waals surface area contributed by atoms with Gasteiger partial charge in [0.15, 0.2) is 0 Å². The molecule has 2 amide bonds. The standard InChI is InChI=1S/C24H28N6O2/c1-27-11-13-29(14-12-27)22(31)18-28(2)24(32)21-17-30(16-19-7-4-3-5-8-19)26-23(21)20-9-6-10-25-15-20/h3-10,15,17H,11-14,16,18H2,1-2H3. The van der Waals surface area contributed by atoms with Gasteiger partial charge in [-0.3, -0.25) is 19.3 Å². The van der Waals surface area contributed by atoms with E-state index in [0.717, 1.165) is 24.2 Å². The maximum absolute atomic E-state index is 13.3. The van der Waals surface area contributed by atoms with Crippen LogP contribution in [-0.2, 0) is 11.3 Å². The quantitative estimate of drug-likeness (QED) is 0.594. The summed E-state index contributed by atoms with van der Waals surface area (Å²) in [5.41, 5.74) is 2.88. The average Bonchev–Trinajstić information content (AvgIpc) is 3.23. The smallest absolute Gasteiger partial charge is 0.257 e. The number of carbonyl (C=O) groups is 2. The van der Waals surface area contributed by atoms with E-state index >= 15 is 0 Å². The fourth-order valence-corrected chi connectivity index (χ4v) is 3.78. The van der Waals surface area contributed by atoms with E-state index in [1.165, 1.54) is 4.90 Å². The summed E-state index contributed by atoms with van der Waals surface area (Å²) in [5, 5.41) is 4.68. The van der Waals surface area contributed by atoms with E-state index in [-0.39, 0.29) is 18.4 Å². The Morgan fingerprint density at radius 2 is 1.78 bits per heavy atom. The Hall–Kier alpha value is -3.52. The van der Waals surface area contributed by atoms with Crippen LogP contribution in [0.4, 0.5) is 0 Å². The number of carbonyl (C=O) groups excluding carboxylic acids is 2. The summed E-state index contributed by atoms with van der Waals surface area (Å²) >= 11 is 0. The first kappa shape index (κ1) is 21.7. The number of hydrogen-bond acceptors (Lipinski definition) is 5. The van der Waals surface area contributed by atoms with E-state index in [9.17, 15) is 9.59 Å². The molecule has 32 heavy (non-hydrogen) atoms. The third-order valence-corrected chi connectivity index (χ3v) is 5.69. The largest absolute Gasteiger partial charge is 0.339 e. The highest BCUT2D eigenvalue weighted by Gasteiger charge is 2.25. The van der Waals surface area contributed by atoms with Crippen molar-refractivity contribution in [2.75, 3.05) is 46.8 Å². The van der Waals surface area contributed by atoms with E-state index < -0.39 is 0 Å². The summed E-state index contributed by atoms with van der Waals surface area (Å²) in [6, 6.07) is 13.7. The molecule has 0 saturated carbocycles. The van der Waals surface area contributed by atoms with Crippen LogP contribution in [0, 0.1) is 0 Å². The molecule has 0 aliphatic carbocycles. The van der Waals surface area contributed by atoms with E-state index in [1.807, 2.05) is 54.4 Å². The zero-order valence-electron chi connectivity index (χ0n) is 18.5. The molecule has 1 saturated heterocycles. The van der Waals surface area contributed by atoms with Crippen molar-refractivity contribution in [3.63, 3.8) is 0 Å². The molecule has 3 heterocycles. The van der Waals surface area contributed by atoms with E-state index in [4.69, 9.17) is 0 Å². The maximum Gasteiger partial charge on any atom is 0.257 e. The van der Waals surface area contributed by atoms with Crippen molar-refractivity contribution in [1.29, 1.82) is 0 Å². The summed E-state index contributed by atoms with van der Waals surface area (Å²) in [4.78, 5) is 35.8. The monoisotopic (exact) mass is 432 g/mol. The van der Waals surface area contributed by atoms with Crippen LogP contribution in [0.15, 0.2) is 61.1 Å². The number of amides is 2. The Kier molecular flexibility index (Phi) is 6.61. The molecule has 166 valence electrons. The number of likely N-dealkylation sites (N-methyl/N-ethyl adjacent to an activating group) is 2. The van der Waals surface area contributed by atoms with Gasteiger partial charge in [0, 0.05) is 57.4 Å². The number of aromatic nitrogens is 3. The molecule has 0 unspecified atom stereocenters. The second kappa shape index (κ2) is 9.74. The topological polar surface area (TPSA) is 74.6 Å². The van der Waals surface area contributed by atoms with Crippen LogP contribution in [0.1, 0.15) is 15.9 Å². The fraction of sp³-hybridized carbons (Fsp3) is 0.333. The van der Waals surface area contributed by atoms with Crippen molar-refractivity contribution >= 4 is 11.8 Å². The predicted octanol–water partition coefficient (Wildman–Crippen LogP) is 1.84. The van der Waals surface area contributed by atoms with Crippen molar-refractivity contribution in [2.24, 2.45) is 0 Å². The van der Waals surface area contributed by atoms with Crippen LogP contribution < -0.4 is 0 Å². The zero-order valence-corrected chi connectivity index (χ0v) is 18.5. The molecule has 0 bridgehead atoms. The highest BCUT2D eigenvalue weighted by molar-refractivity contribution is 6.01. The average molecular weight is 433 g/mol. The van der Waals surface area contributed by atoms with Crippen LogP contribution in [-0.4, -0.2) is 88.1 Å². The number of benzene rings is 1. The third kappa shape index (κ3) is 5.03. The SMILES string of the molecule is CN1CCN(C(=O)CN(C)C(=O)c2cn(Cc3ccccc3)nc2-c2cccnc2)CC1. The molecule has 0 N–H and O–H groups in total. The number of piperazine rings is 1. The lowest BCUT2D eigenvalue weighted by molar-refractivity contribution is -0.133. The lowest BCUT2D eigenvalue weighted by Gasteiger charge is -2.33. The lowest BCUT2D eigenvalue weighted by atomic mass is 10.1. The van der Waals surface area contributed by atoms with Gasteiger partial charge in [-0.2, -0.15) is 5.10 Å². The van der Waals surface area contributed by atoms with Crippen molar-refractivity contribution in [2.45, 2.75) is 6.54 Å². The summed E-state index contributed by atoms with van der Waals surface area (Å²) < 4.78 is 1.76. The molecular weight excluding hydrogens is 404 g/mol. The van der Waals surface area contributed by atoms with Crippen LogP contribution in [0.2, 0.25) is 0 Å². The molecule has 1 fully saturated rings. The minimum absolute atomic E-state index is 0.0337. The highest BCUT2D eigenvalue weighted by atomic mass is 16.2. The normalized spacial score (nSPS) is 14.4. The van der Waals surface area contributed by atoms with Crippen LogP contribution >= 0.6 is 0 Å². The van der Waals surface area contributed by atoms with Crippen LogP contribution in [0.3, 0.4) is 0 Å². The van der Waals surface area contributed by atoms with Gasteiger partial charge in [-0.05, 0) is 24.7 Å². The number of nitrogens with zero attached hydrogens (tertiary/aromatic N) is 6.